The molecule has 1 unspecified atom stereocenters. The highest BCUT2D eigenvalue weighted by Gasteiger charge is 2.53. The number of hydrogen-bond acceptors (Lipinski definition) is 6. The highest BCUT2D eigenvalue weighted by Crippen LogP contribution is 2.43. The van der Waals surface area contributed by atoms with Crippen LogP contribution >= 0.6 is 0 Å². The molecule has 25 heavy (non-hydrogen) atoms. The molecule has 2 aromatic rings. The smallest absolute Gasteiger partial charge is 0.336 e. The molecule has 0 saturated heterocycles. The predicted octanol–water partition coefficient (Wildman–Crippen LogP) is 2.70. The number of carbonyl (C=O) groups excluding carboxylic acids is 1. The summed E-state index contributed by atoms with van der Waals surface area (Å²) in [5, 5.41) is 11.7. The van der Waals surface area contributed by atoms with E-state index in [4.69, 9.17) is 13.9 Å². The number of benzene rings is 1. The third-order valence-corrected chi connectivity index (χ3v) is 4.25. The second-order valence-electron chi connectivity index (χ2n) is 6.93. The van der Waals surface area contributed by atoms with Crippen LogP contribution in [-0.2, 0) is 16.0 Å². The second-order valence-corrected chi connectivity index (χ2v) is 6.93. The Morgan fingerprint density at radius 1 is 1.24 bits per heavy atom. The van der Waals surface area contributed by atoms with Gasteiger partial charge in [0.1, 0.15) is 11.3 Å². The molecule has 6 heteroatoms. The number of esters is 1. The summed E-state index contributed by atoms with van der Waals surface area (Å²) in [5.41, 5.74) is -0.136. The molecule has 1 aliphatic rings. The summed E-state index contributed by atoms with van der Waals surface area (Å²) in [6.07, 6.45) is 1.24. The van der Waals surface area contributed by atoms with Gasteiger partial charge in [-0.2, -0.15) is 0 Å². The quantitative estimate of drug-likeness (QED) is 0.390. The Hall–Kier alpha value is -2.60. The fourth-order valence-corrected chi connectivity index (χ4v) is 2.83. The van der Waals surface area contributed by atoms with Crippen molar-refractivity contribution in [3.63, 3.8) is 0 Å². The summed E-state index contributed by atoms with van der Waals surface area (Å²) in [5.74, 6) is -2.09. The van der Waals surface area contributed by atoms with Gasteiger partial charge in [-0.1, -0.05) is 5.57 Å². The minimum absolute atomic E-state index is 0.0536. The number of rotatable bonds is 2. The van der Waals surface area contributed by atoms with E-state index in [9.17, 15) is 14.7 Å². The van der Waals surface area contributed by atoms with Crippen LogP contribution < -0.4 is 10.4 Å². The molecule has 1 N–H and O–H groups in total. The van der Waals surface area contributed by atoms with E-state index >= 15 is 0 Å². The molecule has 2 heterocycles. The third-order valence-electron chi connectivity index (χ3n) is 4.25. The first-order chi connectivity index (χ1) is 11.6. The molecule has 0 bridgehead atoms. The van der Waals surface area contributed by atoms with E-state index in [1.54, 1.807) is 45.9 Å². The Kier molecular flexibility index (Phi) is 3.95. The molecule has 0 radical (unpaired) electrons. The van der Waals surface area contributed by atoms with E-state index in [1.807, 2.05) is 0 Å². The van der Waals surface area contributed by atoms with E-state index in [-0.39, 0.29) is 6.42 Å². The molecule has 0 spiro atoms. The maximum absolute atomic E-state index is 12.1. The molecule has 6 nitrogen and oxygen atoms in total. The zero-order valence-electron chi connectivity index (χ0n) is 14.6. The molecule has 3 rings (SSSR count). The van der Waals surface area contributed by atoms with Crippen molar-refractivity contribution in [3.8, 4) is 5.75 Å². The Bertz CT molecular complexity index is 933. The third kappa shape index (κ3) is 3.05. The largest absolute Gasteiger partial charge is 0.481 e. The molecule has 1 atom stereocenters. The van der Waals surface area contributed by atoms with Crippen LogP contribution in [-0.4, -0.2) is 22.5 Å². The van der Waals surface area contributed by atoms with E-state index < -0.39 is 23.0 Å². The van der Waals surface area contributed by atoms with Crippen molar-refractivity contribution in [2.24, 2.45) is 0 Å². The molecule has 0 fully saturated rings. The summed E-state index contributed by atoms with van der Waals surface area (Å²) in [6, 6.07) is 6.47. The first-order valence-corrected chi connectivity index (χ1v) is 7.96. The lowest BCUT2D eigenvalue weighted by molar-refractivity contribution is -0.271. The summed E-state index contributed by atoms with van der Waals surface area (Å²) in [6.45, 7) is 6.78. The summed E-state index contributed by atoms with van der Waals surface area (Å²) < 4.78 is 16.5. The monoisotopic (exact) mass is 344 g/mol. The van der Waals surface area contributed by atoms with Gasteiger partial charge in [0.25, 0.3) is 5.79 Å². The van der Waals surface area contributed by atoms with Gasteiger partial charge in [-0.15, -0.1) is 0 Å². The van der Waals surface area contributed by atoms with E-state index in [2.05, 4.69) is 0 Å². The van der Waals surface area contributed by atoms with Gasteiger partial charge in [-0.3, -0.25) is 0 Å². The minimum atomic E-state index is -1.91. The van der Waals surface area contributed by atoms with Crippen LogP contribution in [0.2, 0.25) is 0 Å². The number of ether oxygens (including phenoxy) is 2. The average molecular weight is 344 g/mol. The highest BCUT2D eigenvalue weighted by atomic mass is 16.7. The maximum atomic E-state index is 12.1. The Balaban J connectivity index is 2.10. The van der Waals surface area contributed by atoms with Crippen LogP contribution in [0, 0.1) is 0 Å². The number of aliphatic hydroxyl groups is 1. The van der Waals surface area contributed by atoms with Crippen LogP contribution in [0.4, 0.5) is 0 Å². The first kappa shape index (κ1) is 17.2. The summed E-state index contributed by atoms with van der Waals surface area (Å²) >= 11 is 0. The fourth-order valence-electron chi connectivity index (χ4n) is 2.83. The first-order valence-electron chi connectivity index (χ1n) is 7.96. The Labute approximate surface area is 144 Å². The van der Waals surface area contributed by atoms with Crippen molar-refractivity contribution in [1.29, 1.82) is 0 Å². The second kappa shape index (κ2) is 5.74. The van der Waals surface area contributed by atoms with Gasteiger partial charge in [0.15, 0.2) is 5.60 Å². The zero-order chi connectivity index (χ0) is 18.4. The van der Waals surface area contributed by atoms with Gasteiger partial charge in [-0.05, 0) is 45.9 Å². The maximum Gasteiger partial charge on any atom is 0.336 e. The van der Waals surface area contributed by atoms with Gasteiger partial charge in [0, 0.05) is 29.5 Å². The van der Waals surface area contributed by atoms with Crippen molar-refractivity contribution in [1.82, 2.24) is 0 Å². The molecule has 0 saturated carbocycles. The van der Waals surface area contributed by atoms with Gasteiger partial charge in [0.2, 0.25) is 0 Å². The fraction of sp³-hybridized carbons (Fsp3) is 0.368. The Morgan fingerprint density at radius 3 is 2.60 bits per heavy atom. The highest BCUT2D eigenvalue weighted by molar-refractivity contribution is 5.84. The van der Waals surface area contributed by atoms with E-state index in [1.165, 1.54) is 12.1 Å². The van der Waals surface area contributed by atoms with Gasteiger partial charge < -0.3 is 19.0 Å². The van der Waals surface area contributed by atoms with Gasteiger partial charge >= 0.3 is 11.6 Å². The van der Waals surface area contributed by atoms with E-state index in [0.29, 0.717) is 22.3 Å². The molecule has 1 aliphatic heterocycles. The van der Waals surface area contributed by atoms with Gasteiger partial charge in [0.05, 0.1) is 0 Å². The van der Waals surface area contributed by atoms with E-state index in [0.717, 1.165) is 5.57 Å². The zero-order valence-corrected chi connectivity index (χ0v) is 14.6. The SMILES string of the molecule is CC(C)=CC(=O)OC1(O)Cc2c(ccc3ccc(=O)oc23)OC1(C)C. The van der Waals surface area contributed by atoms with Crippen LogP contribution in [0.15, 0.2) is 45.1 Å². The van der Waals surface area contributed by atoms with Crippen LogP contribution in [0.1, 0.15) is 33.3 Å². The molecular formula is C19H20O6. The summed E-state index contributed by atoms with van der Waals surface area (Å²) in [7, 11) is 0. The normalized spacial score (nSPS) is 21.2. The number of fused-ring (bicyclic) bond motifs is 3. The van der Waals surface area contributed by atoms with Crippen molar-refractivity contribution in [2.45, 2.75) is 45.5 Å². The van der Waals surface area contributed by atoms with Crippen molar-refractivity contribution in [3.05, 3.63) is 51.9 Å². The standard InChI is InChI=1S/C19H20O6/c1-11(2)9-16(21)25-19(22)10-13-14(24-18(19,3)4)7-5-12-6-8-15(20)23-17(12)13/h5-9,22H,10H2,1-4H3. The Morgan fingerprint density at radius 2 is 1.92 bits per heavy atom. The molecule has 132 valence electrons. The molecule has 1 aromatic carbocycles. The van der Waals surface area contributed by atoms with Gasteiger partial charge in [-0.25, -0.2) is 9.59 Å². The van der Waals surface area contributed by atoms with Crippen molar-refractivity contribution >= 4 is 16.9 Å². The summed E-state index contributed by atoms with van der Waals surface area (Å²) in [4.78, 5) is 23.7. The minimum Gasteiger partial charge on any atom is -0.481 e. The van der Waals surface area contributed by atoms with Crippen LogP contribution in [0.25, 0.3) is 11.0 Å². The topological polar surface area (TPSA) is 86.0 Å². The molecule has 0 amide bonds. The molecule has 1 aromatic heterocycles. The van der Waals surface area contributed by atoms with Crippen LogP contribution in [0.5, 0.6) is 5.75 Å². The number of allylic oxidation sites excluding steroid dienone is 1. The lowest BCUT2D eigenvalue weighted by Crippen LogP contribution is -2.60. The average Bonchev–Trinajstić information content (AvgIpc) is 2.47. The number of hydrogen-bond donors (Lipinski definition) is 1. The van der Waals surface area contributed by atoms with Crippen molar-refractivity contribution in [2.75, 3.05) is 0 Å². The number of carbonyl (C=O) groups is 1. The van der Waals surface area contributed by atoms with Crippen molar-refractivity contribution < 1.29 is 23.8 Å². The molecule has 0 aliphatic carbocycles. The lowest BCUT2D eigenvalue weighted by atomic mass is 9.86. The predicted molar refractivity (Wildman–Crippen MR) is 91.4 cm³/mol. The van der Waals surface area contributed by atoms with Crippen LogP contribution in [0.3, 0.4) is 0 Å². The molecular weight excluding hydrogens is 324 g/mol. The lowest BCUT2D eigenvalue weighted by Gasteiger charge is -2.45.